The van der Waals surface area contributed by atoms with Crippen molar-refractivity contribution in [3.05, 3.63) is 29.8 Å². The number of nitrogens with zero attached hydrogens (tertiary/aromatic N) is 1. The molecule has 0 aromatic heterocycles. The Morgan fingerprint density at radius 3 is 2.57 bits per heavy atom. The molecule has 1 aliphatic heterocycles. The highest BCUT2D eigenvalue weighted by molar-refractivity contribution is 5.78. The van der Waals surface area contributed by atoms with Crippen molar-refractivity contribution in [2.45, 2.75) is 32.7 Å². The zero-order chi connectivity index (χ0) is 15.1. The van der Waals surface area contributed by atoms with Gasteiger partial charge in [0, 0.05) is 12.5 Å². The topological polar surface area (TPSA) is 67.6 Å². The number of hydrazine groups is 1. The summed E-state index contributed by atoms with van der Waals surface area (Å²) < 4.78 is 5.58. The van der Waals surface area contributed by atoms with Crippen LogP contribution in [0.3, 0.4) is 0 Å². The third-order valence-electron chi connectivity index (χ3n) is 3.90. The molecule has 0 atom stereocenters. The fourth-order valence-electron chi connectivity index (χ4n) is 2.64. The molecule has 1 saturated heterocycles. The number of nitrogens with one attached hydrogen (secondary N) is 1. The second-order valence-electron chi connectivity index (χ2n) is 5.55. The van der Waals surface area contributed by atoms with E-state index in [1.54, 1.807) is 0 Å². The van der Waals surface area contributed by atoms with Gasteiger partial charge >= 0.3 is 0 Å². The number of carbonyl (C=O) groups is 1. The fourth-order valence-corrected chi connectivity index (χ4v) is 2.64. The van der Waals surface area contributed by atoms with Crippen LogP contribution >= 0.6 is 0 Å². The first-order chi connectivity index (χ1) is 10.2. The van der Waals surface area contributed by atoms with Gasteiger partial charge in [-0.15, -0.1) is 0 Å². The van der Waals surface area contributed by atoms with Crippen LogP contribution in [0.4, 0.5) is 0 Å². The highest BCUT2D eigenvalue weighted by Crippen LogP contribution is 2.20. The summed E-state index contributed by atoms with van der Waals surface area (Å²) in [5.74, 6) is 6.15. The normalized spacial score (nSPS) is 16.7. The summed E-state index contributed by atoms with van der Waals surface area (Å²) >= 11 is 0. The van der Waals surface area contributed by atoms with Gasteiger partial charge in [-0.2, -0.15) is 0 Å². The quantitative estimate of drug-likeness (QED) is 0.475. The number of nitrogens with two attached hydrogens (primary N) is 1. The van der Waals surface area contributed by atoms with Crippen LogP contribution in [0.5, 0.6) is 5.75 Å². The predicted octanol–water partition coefficient (Wildman–Crippen LogP) is 1.68. The van der Waals surface area contributed by atoms with Crippen LogP contribution in [0.1, 0.15) is 31.7 Å². The number of carbonyl (C=O) groups excluding carboxylic acids is 1. The van der Waals surface area contributed by atoms with Crippen LogP contribution in [0, 0.1) is 5.92 Å². The molecule has 0 saturated carbocycles. The molecule has 1 heterocycles. The Bertz CT molecular complexity index is 439. The molecule has 0 spiro atoms. The summed E-state index contributed by atoms with van der Waals surface area (Å²) in [6.45, 7) is 5.66. The number of hydrogen-bond donors (Lipinski definition) is 2. The molecule has 1 amide bonds. The first-order valence-electron chi connectivity index (χ1n) is 7.67. The lowest BCUT2D eigenvalue weighted by atomic mass is 9.96. The fraction of sp³-hybridized carbons (Fsp3) is 0.562. The van der Waals surface area contributed by atoms with E-state index in [4.69, 9.17) is 10.6 Å². The Labute approximate surface area is 126 Å². The summed E-state index contributed by atoms with van der Waals surface area (Å²) in [6, 6.07) is 8.28. The monoisotopic (exact) mass is 291 g/mol. The van der Waals surface area contributed by atoms with Gasteiger partial charge in [0.25, 0.3) is 0 Å². The zero-order valence-corrected chi connectivity index (χ0v) is 12.7. The van der Waals surface area contributed by atoms with Gasteiger partial charge in [0.2, 0.25) is 5.91 Å². The minimum Gasteiger partial charge on any atom is -0.494 e. The molecular weight excluding hydrogens is 266 g/mol. The largest absolute Gasteiger partial charge is 0.494 e. The van der Waals surface area contributed by atoms with Crippen molar-refractivity contribution in [3.63, 3.8) is 0 Å². The van der Waals surface area contributed by atoms with Gasteiger partial charge in [-0.3, -0.25) is 15.1 Å². The first-order valence-corrected chi connectivity index (χ1v) is 7.67. The van der Waals surface area contributed by atoms with E-state index in [1.807, 2.05) is 12.1 Å². The molecule has 21 heavy (non-hydrogen) atoms. The SMILES string of the molecule is CCCOc1ccc(CN2CCC(C(=O)NN)CC2)cc1. The van der Waals surface area contributed by atoms with Crippen molar-refractivity contribution in [3.8, 4) is 5.75 Å². The number of rotatable bonds is 6. The van der Waals surface area contributed by atoms with E-state index in [0.717, 1.165) is 51.3 Å². The number of piperidine rings is 1. The second-order valence-corrected chi connectivity index (χ2v) is 5.55. The minimum absolute atomic E-state index is 0.0351. The number of benzene rings is 1. The van der Waals surface area contributed by atoms with Crippen LogP contribution in [0.25, 0.3) is 0 Å². The van der Waals surface area contributed by atoms with Gasteiger partial charge in [-0.25, -0.2) is 5.84 Å². The van der Waals surface area contributed by atoms with Crippen molar-refractivity contribution in [2.75, 3.05) is 19.7 Å². The molecule has 5 nitrogen and oxygen atoms in total. The highest BCUT2D eigenvalue weighted by atomic mass is 16.5. The standard InChI is InChI=1S/C16H25N3O2/c1-2-11-21-15-5-3-13(4-6-15)12-19-9-7-14(8-10-19)16(20)18-17/h3-6,14H,2,7-12,17H2,1H3,(H,18,20). The molecule has 3 N–H and O–H groups in total. The van der Waals surface area contributed by atoms with E-state index in [2.05, 4.69) is 29.4 Å². The molecule has 1 aliphatic rings. The average molecular weight is 291 g/mol. The highest BCUT2D eigenvalue weighted by Gasteiger charge is 2.24. The van der Waals surface area contributed by atoms with Gasteiger partial charge in [-0.1, -0.05) is 19.1 Å². The molecule has 2 rings (SSSR count). The Hall–Kier alpha value is -1.59. The molecule has 1 aromatic carbocycles. The number of hydrogen-bond acceptors (Lipinski definition) is 4. The maximum absolute atomic E-state index is 11.5. The minimum atomic E-state index is -0.0351. The molecule has 116 valence electrons. The molecule has 1 fully saturated rings. The Morgan fingerprint density at radius 2 is 2.00 bits per heavy atom. The van der Waals surface area contributed by atoms with E-state index in [0.29, 0.717) is 0 Å². The smallest absolute Gasteiger partial charge is 0.237 e. The lowest BCUT2D eigenvalue weighted by Gasteiger charge is -2.30. The maximum atomic E-state index is 11.5. The van der Waals surface area contributed by atoms with Gasteiger partial charge in [0.1, 0.15) is 5.75 Å². The zero-order valence-electron chi connectivity index (χ0n) is 12.7. The number of ether oxygens (including phenoxy) is 1. The predicted molar refractivity (Wildman–Crippen MR) is 82.6 cm³/mol. The van der Waals surface area contributed by atoms with Gasteiger partial charge in [0.05, 0.1) is 6.61 Å². The summed E-state index contributed by atoms with van der Waals surface area (Å²) in [5, 5.41) is 0. The Balaban J connectivity index is 1.79. The van der Waals surface area contributed by atoms with E-state index in [1.165, 1.54) is 5.56 Å². The van der Waals surface area contributed by atoms with E-state index in [-0.39, 0.29) is 11.8 Å². The first kappa shape index (κ1) is 15.8. The van der Waals surface area contributed by atoms with Crippen LogP contribution in [0.2, 0.25) is 0 Å². The third kappa shape index (κ3) is 4.72. The van der Waals surface area contributed by atoms with Crippen molar-refractivity contribution >= 4 is 5.91 Å². The Kier molecular flexibility index (Phi) is 6.02. The van der Waals surface area contributed by atoms with E-state index in [9.17, 15) is 4.79 Å². The van der Waals surface area contributed by atoms with E-state index < -0.39 is 0 Å². The lowest BCUT2D eigenvalue weighted by Crippen LogP contribution is -2.42. The maximum Gasteiger partial charge on any atom is 0.237 e. The third-order valence-corrected chi connectivity index (χ3v) is 3.90. The molecule has 0 radical (unpaired) electrons. The average Bonchev–Trinajstić information content (AvgIpc) is 2.54. The van der Waals surface area contributed by atoms with Crippen LogP contribution in [-0.4, -0.2) is 30.5 Å². The van der Waals surface area contributed by atoms with Crippen LogP contribution in [-0.2, 0) is 11.3 Å². The molecule has 0 bridgehead atoms. The summed E-state index contributed by atoms with van der Waals surface area (Å²) in [6.07, 6.45) is 2.77. The summed E-state index contributed by atoms with van der Waals surface area (Å²) in [5.41, 5.74) is 3.53. The summed E-state index contributed by atoms with van der Waals surface area (Å²) in [7, 11) is 0. The molecule has 0 aliphatic carbocycles. The lowest BCUT2D eigenvalue weighted by molar-refractivity contribution is -0.126. The molecule has 5 heteroatoms. The van der Waals surface area contributed by atoms with Crippen molar-refractivity contribution in [2.24, 2.45) is 11.8 Å². The second kappa shape index (κ2) is 8.00. The van der Waals surface area contributed by atoms with Crippen molar-refractivity contribution in [1.29, 1.82) is 0 Å². The van der Waals surface area contributed by atoms with Gasteiger partial charge in [-0.05, 0) is 50.0 Å². The van der Waals surface area contributed by atoms with Crippen LogP contribution < -0.4 is 16.0 Å². The van der Waals surface area contributed by atoms with Gasteiger partial charge in [0.15, 0.2) is 0 Å². The van der Waals surface area contributed by atoms with E-state index >= 15 is 0 Å². The number of likely N-dealkylation sites (tertiary alicyclic amines) is 1. The van der Waals surface area contributed by atoms with Crippen molar-refractivity contribution in [1.82, 2.24) is 10.3 Å². The van der Waals surface area contributed by atoms with Crippen LogP contribution in [0.15, 0.2) is 24.3 Å². The molecular formula is C16H25N3O2. The molecule has 1 aromatic rings. The van der Waals surface area contributed by atoms with Gasteiger partial charge < -0.3 is 4.74 Å². The van der Waals surface area contributed by atoms with Crippen molar-refractivity contribution < 1.29 is 9.53 Å². The Morgan fingerprint density at radius 1 is 1.33 bits per heavy atom. The number of amides is 1. The molecule has 0 unspecified atom stereocenters. The summed E-state index contributed by atoms with van der Waals surface area (Å²) in [4.78, 5) is 13.9.